The average Bonchev–Trinajstić information content (AvgIpc) is 2.41. The number of ketones is 1. The van der Waals surface area contributed by atoms with Crippen LogP contribution in [0, 0.1) is 5.82 Å². The summed E-state index contributed by atoms with van der Waals surface area (Å²) in [4.78, 5) is 12.2. The molecule has 2 nitrogen and oxygen atoms in total. The van der Waals surface area contributed by atoms with Gasteiger partial charge >= 0.3 is 0 Å². The lowest BCUT2D eigenvalue weighted by molar-refractivity contribution is 0.103. The molecule has 0 aliphatic heterocycles. The first kappa shape index (κ1) is 13.8. The van der Waals surface area contributed by atoms with Gasteiger partial charge in [0.25, 0.3) is 0 Å². The lowest BCUT2D eigenvalue weighted by atomic mass is 10.0. The molecule has 0 radical (unpaired) electrons. The molecule has 0 amide bonds. The Morgan fingerprint density at radius 2 is 1.68 bits per heavy atom. The van der Waals surface area contributed by atoms with E-state index in [4.69, 9.17) is 27.9 Å². The molecule has 98 valence electrons. The van der Waals surface area contributed by atoms with Gasteiger partial charge in [-0.2, -0.15) is 0 Å². The van der Waals surface area contributed by atoms with E-state index in [0.717, 1.165) is 0 Å². The van der Waals surface area contributed by atoms with Crippen molar-refractivity contribution in [3.8, 4) is 5.75 Å². The Morgan fingerprint density at radius 3 is 2.32 bits per heavy atom. The minimum absolute atomic E-state index is 0.0194. The third kappa shape index (κ3) is 2.88. The van der Waals surface area contributed by atoms with Gasteiger partial charge in [0.15, 0.2) is 17.3 Å². The van der Waals surface area contributed by atoms with Crippen molar-refractivity contribution in [2.45, 2.75) is 0 Å². The Kier molecular flexibility index (Phi) is 4.08. The summed E-state index contributed by atoms with van der Waals surface area (Å²) in [6.07, 6.45) is 0. The van der Waals surface area contributed by atoms with Gasteiger partial charge in [-0.1, -0.05) is 23.2 Å². The zero-order chi connectivity index (χ0) is 14.0. The molecular weight excluding hydrogens is 290 g/mol. The van der Waals surface area contributed by atoms with Gasteiger partial charge in [0.05, 0.1) is 17.2 Å². The fourth-order valence-corrected chi connectivity index (χ4v) is 1.90. The van der Waals surface area contributed by atoms with Crippen LogP contribution in [0.25, 0.3) is 0 Å². The molecule has 2 aromatic carbocycles. The molecule has 0 N–H and O–H groups in total. The van der Waals surface area contributed by atoms with E-state index < -0.39 is 5.82 Å². The predicted octanol–water partition coefficient (Wildman–Crippen LogP) is 4.37. The van der Waals surface area contributed by atoms with Crippen LogP contribution in [0.1, 0.15) is 15.9 Å². The summed E-state index contributed by atoms with van der Waals surface area (Å²) in [5, 5.41) is 0.663. The van der Waals surface area contributed by atoms with Crippen LogP contribution in [0.4, 0.5) is 4.39 Å². The number of benzene rings is 2. The fourth-order valence-electron chi connectivity index (χ4n) is 1.61. The average molecular weight is 299 g/mol. The maximum Gasteiger partial charge on any atom is 0.193 e. The molecule has 0 spiro atoms. The van der Waals surface area contributed by atoms with Crippen molar-refractivity contribution < 1.29 is 13.9 Å². The van der Waals surface area contributed by atoms with Gasteiger partial charge in [-0.15, -0.1) is 0 Å². The molecule has 5 heteroatoms. The molecule has 0 atom stereocenters. The summed E-state index contributed by atoms with van der Waals surface area (Å²) >= 11 is 11.6. The quantitative estimate of drug-likeness (QED) is 0.787. The molecule has 0 aliphatic rings. The number of methoxy groups -OCH3 is 1. The first-order valence-corrected chi connectivity index (χ1v) is 6.12. The Bertz CT molecular complexity index is 641. The van der Waals surface area contributed by atoms with Gasteiger partial charge in [-0.25, -0.2) is 4.39 Å². The highest BCUT2D eigenvalue weighted by molar-refractivity contribution is 6.42. The number of carbonyl (C=O) groups is 1. The predicted molar refractivity (Wildman–Crippen MR) is 72.8 cm³/mol. The number of hydrogen-bond donors (Lipinski definition) is 0. The normalized spacial score (nSPS) is 10.3. The standard InChI is InChI=1S/C14H9Cl2FO2/c1-19-13-7-9(3-5-12(13)17)14(18)8-2-4-10(15)11(16)6-8/h2-7H,1H3. The summed E-state index contributed by atoms with van der Waals surface area (Å²) < 4.78 is 18.1. The van der Waals surface area contributed by atoms with Crippen molar-refractivity contribution >= 4 is 29.0 Å². The highest BCUT2D eigenvalue weighted by atomic mass is 35.5. The maximum absolute atomic E-state index is 13.3. The molecule has 0 fully saturated rings. The second-order valence-electron chi connectivity index (χ2n) is 3.81. The molecule has 0 saturated carbocycles. The minimum atomic E-state index is -0.520. The first-order chi connectivity index (χ1) is 9.02. The topological polar surface area (TPSA) is 26.3 Å². The second-order valence-corrected chi connectivity index (χ2v) is 4.62. The highest BCUT2D eigenvalue weighted by Crippen LogP contribution is 2.25. The summed E-state index contributed by atoms with van der Waals surface area (Å²) in [5.74, 6) is -0.782. The molecule has 19 heavy (non-hydrogen) atoms. The molecule has 0 heterocycles. The summed E-state index contributed by atoms with van der Waals surface area (Å²) in [6.45, 7) is 0. The second kappa shape index (κ2) is 5.59. The third-order valence-electron chi connectivity index (χ3n) is 2.60. The number of hydrogen-bond acceptors (Lipinski definition) is 2. The highest BCUT2D eigenvalue weighted by Gasteiger charge is 2.13. The van der Waals surface area contributed by atoms with Crippen LogP contribution in [-0.4, -0.2) is 12.9 Å². The number of carbonyl (C=O) groups excluding carboxylic acids is 1. The minimum Gasteiger partial charge on any atom is -0.494 e. The molecule has 0 unspecified atom stereocenters. The monoisotopic (exact) mass is 298 g/mol. The Balaban J connectivity index is 2.41. The molecule has 2 aromatic rings. The van der Waals surface area contributed by atoms with E-state index in [1.54, 1.807) is 6.07 Å². The Hall–Kier alpha value is -1.58. The van der Waals surface area contributed by atoms with Gasteiger partial charge in [0.2, 0.25) is 0 Å². The van der Waals surface area contributed by atoms with Gasteiger partial charge in [0.1, 0.15) is 0 Å². The smallest absolute Gasteiger partial charge is 0.193 e. The fraction of sp³-hybridized carbons (Fsp3) is 0.0714. The number of halogens is 3. The van der Waals surface area contributed by atoms with E-state index >= 15 is 0 Å². The number of rotatable bonds is 3. The van der Waals surface area contributed by atoms with Crippen molar-refractivity contribution in [2.24, 2.45) is 0 Å². The van der Waals surface area contributed by atoms with Crippen LogP contribution in [0.5, 0.6) is 5.75 Å². The SMILES string of the molecule is COc1cc(C(=O)c2ccc(Cl)c(Cl)c2)ccc1F. The Labute approximate surface area is 119 Å². The van der Waals surface area contributed by atoms with Crippen molar-refractivity contribution in [2.75, 3.05) is 7.11 Å². The van der Waals surface area contributed by atoms with E-state index in [1.807, 2.05) is 0 Å². The molecule has 0 aromatic heterocycles. The summed E-state index contributed by atoms with van der Waals surface area (Å²) in [5.41, 5.74) is 0.694. The van der Waals surface area contributed by atoms with Crippen LogP contribution >= 0.6 is 23.2 Å². The van der Waals surface area contributed by atoms with Crippen LogP contribution in [0.2, 0.25) is 10.0 Å². The van der Waals surface area contributed by atoms with Crippen molar-refractivity contribution in [3.63, 3.8) is 0 Å². The third-order valence-corrected chi connectivity index (χ3v) is 3.33. The number of ether oxygens (including phenoxy) is 1. The lowest BCUT2D eigenvalue weighted by Gasteiger charge is -2.06. The Morgan fingerprint density at radius 1 is 1.05 bits per heavy atom. The van der Waals surface area contributed by atoms with E-state index in [1.165, 1.54) is 37.4 Å². The first-order valence-electron chi connectivity index (χ1n) is 5.36. The zero-order valence-corrected chi connectivity index (χ0v) is 11.4. The van der Waals surface area contributed by atoms with Gasteiger partial charge in [-0.3, -0.25) is 4.79 Å². The van der Waals surface area contributed by atoms with E-state index in [0.29, 0.717) is 21.2 Å². The van der Waals surface area contributed by atoms with Crippen LogP contribution in [0.15, 0.2) is 36.4 Å². The van der Waals surface area contributed by atoms with Crippen molar-refractivity contribution in [1.82, 2.24) is 0 Å². The molecule has 0 saturated heterocycles. The van der Waals surface area contributed by atoms with E-state index in [2.05, 4.69) is 0 Å². The van der Waals surface area contributed by atoms with Gasteiger partial charge in [-0.05, 0) is 36.4 Å². The van der Waals surface area contributed by atoms with E-state index in [9.17, 15) is 9.18 Å². The maximum atomic E-state index is 13.3. The molecule has 2 rings (SSSR count). The molecular formula is C14H9Cl2FO2. The zero-order valence-electron chi connectivity index (χ0n) is 9.91. The summed E-state index contributed by atoms with van der Waals surface area (Å²) in [7, 11) is 1.34. The molecule has 0 aliphatic carbocycles. The van der Waals surface area contributed by atoms with Crippen LogP contribution < -0.4 is 4.74 Å². The van der Waals surface area contributed by atoms with Crippen LogP contribution in [0.3, 0.4) is 0 Å². The van der Waals surface area contributed by atoms with Gasteiger partial charge in [0, 0.05) is 11.1 Å². The van der Waals surface area contributed by atoms with Crippen molar-refractivity contribution in [1.29, 1.82) is 0 Å². The van der Waals surface area contributed by atoms with Gasteiger partial charge < -0.3 is 4.74 Å². The van der Waals surface area contributed by atoms with Crippen LogP contribution in [-0.2, 0) is 0 Å². The summed E-state index contributed by atoms with van der Waals surface area (Å²) in [6, 6.07) is 8.50. The molecule has 0 bridgehead atoms. The van der Waals surface area contributed by atoms with Crippen molar-refractivity contribution in [3.05, 3.63) is 63.4 Å². The lowest BCUT2D eigenvalue weighted by Crippen LogP contribution is -2.02. The van der Waals surface area contributed by atoms with E-state index in [-0.39, 0.29) is 11.5 Å². The largest absolute Gasteiger partial charge is 0.494 e.